The number of H-pyrrole nitrogens is 1. The maximum absolute atomic E-state index is 13.6. The molecular weight excluding hydrogens is 421 g/mol. The third-order valence-electron chi connectivity index (χ3n) is 4.58. The first-order chi connectivity index (χ1) is 15.0. The quantitative estimate of drug-likeness (QED) is 0.435. The van der Waals surface area contributed by atoms with E-state index in [0.29, 0.717) is 40.4 Å². The van der Waals surface area contributed by atoms with Crippen LogP contribution in [0.25, 0.3) is 27.8 Å². The number of para-hydroxylation sites is 1. The predicted octanol–water partition coefficient (Wildman–Crippen LogP) is 3.68. The van der Waals surface area contributed by atoms with E-state index in [9.17, 15) is 9.18 Å². The summed E-state index contributed by atoms with van der Waals surface area (Å²) < 4.78 is 15.1. The lowest BCUT2D eigenvalue weighted by molar-refractivity contribution is 0.629. The minimum absolute atomic E-state index is 0.109. The van der Waals surface area contributed by atoms with E-state index in [0.717, 1.165) is 0 Å². The van der Waals surface area contributed by atoms with Crippen LogP contribution in [0, 0.1) is 5.82 Å². The Morgan fingerprint density at radius 1 is 1.13 bits per heavy atom. The Kier molecular flexibility index (Phi) is 5.59. The summed E-state index contributed by atoms with van der Waals surface area (Å²) in [6, 6.07) is 11.8. The number of hydrogen-bond acceptors (Lipinski definition) is 6. The second-order valence-electron chi connectivity index (χ2n) is 6.47. The molecule has 10 heteroatoms. The normalized spacial score (nSPS) is 10.8. The van der Waals surface area contributed by atoms with Crippen molar-refractivity contribution in [3.63, 3.8) is 0 Å². The molecule has 0 saturated heterocycles. The van der Waals surface area contributed by atoms with Crippen LogP contribution in [-0.2, 0) is 6.42 Å². The fourth-order valence-corrected chi connectivity index (χ4v) is 3.36. The molecule has 0 aliphatic rings. The Bertz CT molecular complexity index is 1430. The highest BCUT2D eigenvalue weighted by Crippen LogP contribution is 2.23. The van der Waals surface area contributed by atoms with Gasteiger partial charge >= 0.3 is 0 Å². The van der Waals surface area contributed by atoms with Crippen LogP contribution in [0.3, 0.4) is 0 Å². The average Bonchev–Trinajstić information content (AvgIpc) is 3.27. The number of nitrogens with zero attached hydrogens (tertiary/aromatic N) is 5. The van der Waals surface area contributed by atoms with Crippen molar-refractivity contribution in [3.05, 3.63) is 82.1 Å². The van der Waals surface area contributed by atoms with Crippen molar-refractivity contribution in [1.82, 2.24) is 29.5 Å². The monoisotopic (exact) mass is 437 g/mol. The van der Waals surface area contributed by atoms with Gasteiger partial charge < -0.3 is 10.7 Å². The smallest absolute Gasteiger partial charge is 0.267 e. The number of aromatic amines is 1. The van der Waals surface area contributed by atoms with E-state index >= 15 is 0 Å². The molecule has 5 rings (SSSR count). The Morgan fingerprint density at radius 2 is 1.90 bits per heavy atom. The second-order valence-corrected chi connectivity index (χ2v) is 6.85. The molecule has 156 valence electrons. The van der Waals surface area contributed by atoms with Crippen molar-refractivity contribution in [2.75, 3.05) is 5.73 Å². The third-order valence-corrected chi connectivity index (χ3v) is 4.95. The highest BCUT2D eigenvalue weighted by Gasteiger charge is 2.16. The van der Waals surface area contributed by atoms with Gasteiger partial charge in [0.1, 0.15) is 23.5 Å². The maximum atomic E-state index is 13.6. The molecule has 0 amide bonds. The second kappa shape index (κ2) is 8.49. The molecular formula is C21H17ClFN7O. The zero-order valence-corrected chi connectivity index (χ0v) is 17.1. The largest absolute Gasteiger partial charge is 0.382 e. The molecule has 0 aliphatic carbocycles. The van der Waals surface area contributed by atoms with Crippen LogP contribution in [0.5, 0.6) is 0 Å². The summed E-state index contributed by atoms with van der Waals surface area (Å²) >= 11 is 5.96. The first kappa shape index (κ1) is 20.4. The summed E-state index contributed by atoms with van der Waals surface area (Å²) in [5.41, 5.74) is 7.53. The lowest BCUT2D eigenvalue weighted by Crippen LogP contribution is -2.24. The molecule has 3 aromatic heterocycles. The number of nitrogens with two attached hydrogens (primary N) is 1. The number of imidazole rings is 1. The van der Waals surface area contributed by atoms with Crippen molar-refractivity contribution >= 4 is 39.5 Å². The summed E-state index contributed by atoms with van der Waals surface area (Å²) in [7, 11) is 0. The Balaban J connectivity index is 0.000000192. The topological polar surface area (TPSA) is 115 Å². The number of aromatic nitrogens is 6. The SMILES string of the molecule is CCc1nc2ccc(F)c(Cl)c2c(=O)n1-c1ccccc1.Nc1ncnc2nc[nH]c12. The molecule has 2 aromatic carbocycles. The van der Waals surface area contributed by atoms with Gasteiger partial charge in [-0.1, -0.05) is 36.7 Å². The van der Waals surface area contributed by atoms with Crippen LogP contribution in [0.2, 0.25) is 5.02 Å². The number of benzene rings is 2. The van der Waals surface area contributed by atoms with Gasteiger partial charge in [0.2, 0.25) is 0 Å². The van der Waals surface area contributed by atoms with Gasteiger partial charge in [0.05, 0.1) is 27.9 Å². The van der Waals surface area contributed by atoms with Gasteiger partial charge in [-0.2, -0.15) is 0 Å². The summed E-state index contributed by atoms with van der Waals surface area (Å²) in [5, 5.41) is -0.0740. The molecule has 0 spiro atoms. The number of rotatable bonds is 2. The molecule has 0 fully saturated rings. The zero-order chi connectivity index (χ0) is 22.0. The molecule has 0 atom stereocenters. The minimum atomic E-state index is -0.619. The van der Waals surface area contributed by atoms with Crippen molar-refractivity contribution in [3.8, 4) is 5.69 Å². The van der Waals surface area contributed by atoms with Gasteiger partial charge in [0.25, 0.3) is 5.56 Å². The molecule has 0 saturated carbocycles. The molecule has 0 unspecified atom stereocenters. The fraction of sp³-hybridized carbons (Fsp3) is 0.0952. The third kappa shape index (κ3) is 3.82. The van der Waals surface area contributed by atoms with E-state index in [1.54, 1.807) is 12.1 Å². The van der Waals surface area contributed by atoms with Gasteiger partial charge in [-0.15, -0.1) is 0 Å². The Hall–Kier alpha value is -3.85. The van der Waals surface area contributed by atoms with Crippen LogP contribution in [0.15, 0.2) is 59.9 Å². The van der Waals surface area contributed by atoms with E-state index in [1.807, 2.05) is 25.1 Å². The number of nitrogen functional groups attached to an aromatic ring is 1. The van der Waals surface area contributed by atoms with E-state index < -0.39 is 5.82 Å². The van der Waals surface area contributed by atoms with Gasteiger partial charge in [-0.25, -0.2) is 24.3 Å². The molecule has 5 aromatic rings. The number of hydrogen-bond donors (Lipinski definition) is 2. The Labute approximate surface area is 180 Å². The average molecular weight is 438 g/mol. The first-order valence-electron chi connectivity index (χ1n) is 9.35. The van der Waals surface area contributed by atoms with E-state index in [1.165, 1.54) is 29.4 Å². The van der Waals surface area contributed by atoms with E-state index in [2.05, 4.69) is 24.9 Å². The minimum Gasteiger partial charge on any atom is -0.382 e. The summed E-state index contributed by atoms with van der Waals surface area (Å²) in [6.07, 6.45) is 3.50. The highest BCUT2D eigenvalue weighted by atomic mass is 35.5. The molecule has 8 nitrogen and oxygen atoms in total. The van der Waals surface area contributed by atoms with E-state index in [-0.39, 0.29) is 16.0 Å². The number of aryl methyl sites for hydroxylation is 1. The first-order valence-corrected chi connectivity index (χ1v) is 9.73. The number of halogens is 2. The molecule has 0 bridgehead atoms. The highest BCUT2D eigenvalue weighted by molar-refractivity contribution is 6.35. The van der Waals surface area contributed by atoms with Gasteiger partial charge in [0.15, 0.2) is 11.5 Å². The number of fused-ring (bicyclic) bond motifs is 2. The van der Waals surface area contributed by atoms with Crippen LogP contribution in [0.1, 0.15) is 12.7 Å². The molecule has 3 heterocycles. The lowest BCUT2D eigenvalue weighted by Gasteiger charge is -2.13. The van der Waals surface area contributed by atoms with Crippen LogP contribution >= 0.6 is 11.6 Å². The predicted molar refractivity (Wildman–Crippen MR) is 118 cm³/mol. The van der Waals surface area contributed by atoms with Crippen molar-refractivity contribution in [1.29, 1.82) is 0 Å². The van der Waals surface area contributed by atoms with E-state index in [4.69, 9.17) is 17.3 Å². The van der Waals surface area contributed by atoms with Gasteiger partial charge in [-0.05, 0) is 24.3 Å². The lowest BCUT2D eigenvalue weighted by atomic mass is 10.2. The zero-order valence-electron chi connectivity index (χ0n) is 16.4. The maximum Gasteiger partial charge on any atom is 0.267 e. The molecule has 0 aliphatic heterocycles. The molecule has 0 radical (unpaired) electrons. The Morgan fingerprint density at radius 3 is 2.61 bits per heavy atom. The van der Waals surface area contributed by atoms with Crippen molar-refractivity contribution < 1.29 is 4.39 Å². The fourth-order valence-electron chi connectivity index (χ4n) is 3.12. The van der Waals surface area contributed by atoms with Crippen molar-refractivity contribution in [2.24, 2.45) is 0 Å². The van der Waals surface area contributed by atoms with Gasteiger partial charge in [-0.3, -0.25) is 9.36 Å². The van der Waals surface area contributed by atoms with Gasteiger partial charge in [0, 0.05) is 6.42 Å². The molecule has 3 N–H and O–H groups in total. The summed E-state index contributed by atoms with van der Waals surface area (Å²) in [4.78, 5) is 31.6. The van der Waals surface area contributed by atoms with Crippen LogP contribution in [-0.4, -0.2) is 29.5 Å². The number of nitrogens with one attached hydrogen (secondary N) is 1. The van der Waals surface area contributed by atoms with Crippen LogP contribution in [0.4, 0.5) is 10.2 Å². The number of anilines is 1. The van der Waals surface area contributed by atoms with Crippen molar-refractivity contribution in [2.45, 2.75) is 13.3 Å². The van der Waals surface area contributed by atoms with Crippen LogP contribution < -0.4 is 11.3 Å². The standard InChI is InChI=1S/C16H12ClFN2O.C5H5N5/c1-2-13-19-12-9-8-11(18)15(17)14(12)16(21)20(13)10-6-4-3-5-7-10;6-4-3-5(9-1-7-3)10-2-8-4/h3-9H,2H2,1H3;1-2H,(H3,6,7,8,9,10). The summed E-state index contributed by atoms with van der Waals surface area (Å²) in [6.45, 7) is 1.91. The molecule has 31 heavy (non-hydrogen) atoms. The summed E-state index contributed by atoms with van der Waals surface area (Å²) in [5.74, 6) is 0.427.